The molecule has 2 aromatic rings. The van der Waals surface area contributed by atoms with Gasteiger partial charge < -0.3 is 15.8 Å². The van der Waals surface area contributed by atoms with Crippen LogP contribution in [-0.2, 0) is 24.1 Å². The van der Waals surface area contributed by atoms with Crippen LogP contribution >= 0.6 is 0 Å². The highest BCUT2D eigenvalue weighted by Gasteiger charge is 2.15. The average molecular weight is 410 g/mol. The lowest BCUT2D eigenvalue weighted by molar-refractivity contribution is 0.168. The van der Waals surface area contributed by atoms with Gasteiger partial charge in [0.15, 0.2) is 0 Å². The van der Waals surface area contributed by atoms with Crippen LogP contribution in [0.25, 0.3) is 0 Å². The molecule has 0 atom stereocenters. The molecule has 2 aromatic carbocycles. The molecule has 0 aliphatic carbocycles. The third-order valence-corrected chi connectivity index (χ3v) is 4.85. The fourth-order valence-electron chi connectivity index (χ4n) is 3.16. The number of hydrogen-bond donors (Lipinski definition) is 3. The van der Waals surface area contributed by atoms with Gasteiger partial charge in [-0.05, 0) is 75.4 Å². The van der Waals surface area contributed by atoms with E-state index in [4.69, 9.17) is 10.5 Å². The summed E-state index contributed by atoms with van der Waals surface area (Å²) in [5.74, 6) is 0. The molecule has 0 fully saturated rings. The maximum atomic E-state index is 11.5. The Morgan fingerprint density at radius 3 is 2.33 bits per heavy atom. The zero-order valence-electron chi connectivity index (χ0n) is 18.4. The van der Waals surface area contributed by atoms with Crippen molar-refractivity contribution in [3.8, 4) is 0 Å². The van der Waals surface area contributed by atoms with Gasteiger partial charge in [0.1, 0.15) is 0 Å². The molecule has 162 valence electrons. The van der Waals surface area contributed by atoms with Gasteiger partial charge in [0.25, 0.3) is 0 Å². The minimum absolute atomic E-state index is 0.0430. The van der Waals surface area contributed by atoms with Crippen molar-refractivity contribution in [2.45, 2.75) is 52.1 Å². The summed E-state index contributed by atoms with van der Waals surface area (Å²) in [6.07, 6.45) is 6.58. The molecule has 0 aliphatic heterocycles. The van der Waals surface area contributed by atoms with Crippen molar-refractivity contribution in [3.05, 3.63) is 77.4 Å². The first-order chi connectivity index (χ1) is 14.4. The normalized spacial score (nSPS) is 11.6. The number of carbonyl (C=O) groups excluding carboxylic acids is 1. The molecule has 2 rings (SSSR count). The van der Waals surface area contributed by atoms with Crippen LogP contribution in [0.1, 0.15) is 43.9 Å². The van der Waals surface area contributed by atoms with Gasteiger partial charge in [-0.25, -0.2) is 4.79 Å². The second-order valence-electron chi connectivity index (χ2n) is 8.02. The van der Waals surface area contributed by atoms with Crippen molar-refractivity contribution in [2.24, 2.45) is 5.73 Å². The van der Waals surface area contributed by atoms with Crippen molar-refractivity contribution in [2.75, 3.05) is 18.5 Å². The number of carbonyl (C=O) groups is 1. The van der Waals surface area contributed by atoms with Gasteiger partial charge in [0, 0.05) is 17.8 Å². The molecule has 0 spiro atoms. The molecule has 0 unspecified atom stereocenters. The topological polar surface area (TPSA) is 76.4 Å². The van der Waals surface area contributed by atoms with Crippen LogP contribution in [0.4, 0.5) is 10.5 Å². The molecule has 4 N–H and O–H groups in total. The first-order valence-corrected chi connectivity index (χ1v) is 10.6. The number of amides is 1. The Kier molecular flexibility index (Phi) is 9.58. The lowest BCUT2D eigenvalue weighted by atomic mass is 10.00. The summed E-state index contributed by atoms with van der Waals surface area (Å²) < 4.78 is 4.92. The Labute approximate surface area is 180 Å². The molecule has 0 saturated heterocycles. The number of benzene rings is 2. The third-order valence-electron chi connectivity index (χ3n) is 4.85. The van der Waals surface area contributed by atoms with E-state index in [9.17, 15) is 4.79 Å². The first-order valence-electron chi connectivity index (χ1n) is 10.6. The van der Waals surface area contributed by atoms with E-state index in [0.717, 1.165) is 37.1 Å². The smallest absolute Gasteiger partial charge is 0.411 e. The highest BCUT2D eigenvalue weighted by molar-refractivity contribution is 5.84. The van der Waals surface area contributed by atoms with Crippen LogP contribution in [0.5, 0.6) is 0 Å². The van der Waals surface area contributed by atoms with Gasteiger partial charge in [0.2, 0.25) is 0 Å². The zero-order chi connectivity index (χ0) is 21.8. The first kappa shape index (κ1) is 23.6. The lowest BCUT2D eigenvalue weighted by Gasteiger charge is -2.26. The Hall–Kier alpha value is -2.63. The summed E-state index contributed by atoms with van der Waals surface area (Å²) in [7, 11) is 0. The monoisotopic (exact) mass is 409 g/mol. The predicted molar refractivity (Wildman–Crippen MR) is 125 cm³/mol. The van der Waals surface area contributed by atoms with E-state index in [0.29, 0.717) is 13.2 Å². The van der Waals surface area contributed by atoms with Crippen molar-refractivity contribution >= 4 is 11.8 Å². The third kappa shape index (κ3) is 8.80. The van der Waals surface area contributed by atoms with E-state index in [-0.39, 0.29) is 5.54 Å². The van der Waals surface area contributed by atoms with Gasteiger partial charge in [0.05, 0.1) is 6.61 Å². The van der Waals surface area contributed by atoms with Gasteiger partial charge >= 0.3 is 6.09 Å². The zero-order valence-corrected chi connectivity index (χ0v) is 18.4. The molecule has 1 amide bonds. The van der Waals surface area contributed by atoms with Gasteiger partial charge in [-0.2, -0.15) is 0 Å². The number of anilines is 1. The number of nitrogens with two attached hydrogens (primary N) is 1. The van der Waals surface area contributed by atoms with Crippen LogP contribution in [0, 0.1) is 0 Å². The number of hydrogen-bond acceptors (Lipinski definition) is 4. The molecule has 5 heteroatoms. The molecule has 5 nitrogen and oxygen atoms in total. The van der Waals surface area contributed by atoms with Crippen LogP contribution in [0.2, 0.25) is 0 Å². The summed E-state index contributed by atoms with van der Waals surface area (Å²) in [4.78, 5) is 11.5. The van der Waals surface area contributed by atoms with Gasteiger partial charge in [-0.1, -0.05) is 48.6 Å². The van der Waals surface area contributed by atoms with E-state index in [1.807, 2.05) is 18.2 Å². The molecule has 0 aromatic heterocycles. The number of ether oxygens (including phenoxy) is 1. The van der Waals surface area contributed by atoms with Crippen LogP contribution in [0.3, 0.4) is 0 Å². The van der Waals surface area contributed by atoms with Crippen molar-refractivity contribution < 1.29 is 9.53 Å². The highest BCUT2D eigenvalue weighted by atomic mass is 16.5. The Morgan fingerprint density at radius 1 is 1.03 bits per heavy atom. The van der Waals surface area contributed by atoms with Crippen molar-refractivity contribution in [1.29, 1.82) is 0 Å². The maximum Gasteiger partial charge on any atom is 0.411 e. The van der Waals surface area contributed by atoms with E-state index in [2.05, 4.69) is 67.0 Å². The molecule has 30 heavy (non-hydrogen) atoms. The lowest BCUT2D eigenvalue weighted by Crippen LogP contribution is -2.40. The molecule has 0 radical (unpaired) electrons. The van der Waals surface area contributed by atoms with Crippen LogP contribution < -0.4 is 16.4 Å². The summed E-state index contributed by atoms with van der Waals surface area (Å²) in [5.41, 5.74) is 10.2. The predicted octanol–water partition coefficient (Wildman–Crippen LogP) is 4.81. The van der Waals surface area contributed by atoms with E-state index < -0.39 is 6.09 Å². The SMILES string of the molecule is CCOC(=O)Nc1cccc(C/C=C\Cc2cccc(CNC(C)(C)CCN)c2)c1. The molecule has 0 heterocycles. The van der Waals surface area contributed by atoms with E-state index in [1.54, 1.807) is 6.92 Å². The average Bonchev–Trinajstić information content (AvgIpc) is 2.71. The summed E-state index contributed by atoms with van der Waals surface area (Å²) in [6, 6.07) is 16.5. The largest absolute Gasteiger partial charge is 0.450 e. The van der Waals surface area contributed by atoms with Crippen LogP contribution in [0.15, 0.2) is 60.7 Å². The maximum absolute atomic E-state index is 11.5. The molecular formula is C25H35N3O2. The Bertz CT molecular complexity index is 831. The standard InChI is InChI=1S/C25H35N3O2/c1-4-30-24(29)28-23-14-8-12-21(18-23)10-6-5-9-20-11-7-13-22(17-20)19-27-25(2,3)15-16-26/h5-8,11-14,17-18,27H,4,9-10,15-16,19,26H2,1-3H3,(H,28,29)/b6-5-. The quantitative estimate of drug-likeness (QED) is 0.465. The van der Waals surface area contributed by atoms with Gasteiger partial charge in [-0.3, -0.25) is 5.32 Å². The fraction of sp³-hybridized carbons (Fsp3) is 0.400. The summed E-state index contributed by atoms with van der Waals surface area (Å²) in [5, 5.41) is 6.32. The minimum atomic E-state index is -0.425. The van der Waals surface area contributed by atoms with E-state index >= 15 is 0 Å². The van der Waals surface area contributed by atoms with Gasteiger partial charge in [-0.15, -0.1) is 0 Å². The van der Waals surface area contributed by atoms with Crippen molar-refractivity contribution in [1.82, 2.24) is 5.32 Å². The second kappa shape index (κ2) is 12.2. The van der Waals surface area contributed by atoms with Crippen molar-refractivity contribution in [3.63, 3.8) is 0 Å². The highest BCUT2D eigenvalue weighted by Crippen LogP contribution is 2.13. The number of rotatable bonds is 11. The minimum Gasteiger partial charge on any atom is -0.450 e. The second-order valence-corrected chi connectivity index (χ2v) is 8.02. The number of nitrogens with one attached hydrogen (secondary N) is 2. The fourth-order valence-corrected chi connectivity index (χ4v) is 3.16. The molecule has 0 aliphatic rings. The Morgan fingerprint density at radius 2 is 1.67 bits per heavy atom. The summed E-state index contributed by atoms with van der Waals surface area (Å²) >= 11 is 0. The van der Waals surface area contributed by atoms with Crippen LogP contribution in [-0.4, -0.2) is 24.8 Å². The number of allylic oxidation sites excluding steroid dienone is 2. The summed E-state index contributed by atoms with van der Waals surface area (Å²) in [6.45, 7) is 8.04. The molecular weight excluding hydrogens is 374 g/mol. The molecule has 0 saturated carbocycles. The Balaban J connectivity index is 1.85. The molecule has 0 bridgehead atoms. The van der Waals surface area contributed by atoms with E-state index in [1.165, 1.54) is 11.1 Å².